The summed E-state index contributed by atoms with van der Waals surface area (Å²) in [6.45, 7) is 5.21. The van der Waals surface area contributed by atoms with Gasteiger partial charge in [-0.1, -0.05) is 25.4 Å². The average molecular weight is 361 g/mol. The van der Waals surface area contributed by atoms with E-state index in [0.29, 0.717) is 36.2 Å². The highest BCUT2D eigenvalue weighted by Gasteiger charge is 2.25. The van der Waals surface area contributed by atoms with Crippen molar-refractivity contribution in [2.45, 2.75) is 26.8 Å². The molecule has 0 fully saturated rings. The van der Waals surface area contributed by atoms with Crippen LogP contribution >= 0.6 is 11.6 Å². The third-order valence-electron chi connectivity index (χ3n) is 4.48. The lowest BCUT2D eigenvalue weighted by molar-refractivity contribution is -0.135. The quantitative estimate of drug-likeness (QED) is 0.902. The van der Waals surface area contributed by atoms with Crippen molar-refractivity contribution in [2.24, 2.45) is 5.92 Å². The number of aromatic nitrogens is 1. The number of hydrogen-bond donors (Lipinski definition) is 1. The molecule has 2 aromatic rings. The number of rotatable bonds is 3. The molecule has 1 aliphatic heterocycles. The van der Waals surface area contributed by atoms with Crippen molar-refractivity contribution in [3.63, 3.8) is 0 Å². The third kappa shape index (κ3) is 3.71. The molecule has 0 spiro atoms. The van der Waals surface area contributed by atoms with Crippen molar-refractivity contribution in [1.82, 2.24) is 9.88 Å². The van der Waals surface area contributed by atoms with Gasteiger partial charge in [0, 0.05) is 29.8 Å². The van der Waals surface area contributed by atoms with Crippen LogP contribution in [-0.2, 0) is 11.3 Å². The normalized spacial score (nSPS) is 15.1. The van der Waals surface area contributed by atoms with Gasteiger partial charge in [-0.05, 0) is 30.7 Å². The largest absolute Gasteiger partial charge is 0.504 e. The molecule has 2 heterocycles. The first-order chi connectivity index (χ1) is 12.0. The summed E-state index contributed by atoms with van der Waals surface area (Å²) in [5.74, 6) is 0.573. The number of pyridine rings is 1. The minimum Gasteiger partial charge on any atom is -0.504 e. The van der Waals surface area contributed by atoms with Crippen molar-refractivity contribution < 1.29 is 14.6 Å². The SMILES string of the molecule is CCC(C)C(=O)N1CCOc2c(O)cc(-c3ccc(Cl)cn3)cc2C1. The first-order valence-electron chi connectivity index (χ1n) is 8.39. The summed E-state index contributed by atoms with van der Waals surface area (Å²) < 4.78 is 5.70. The van der Waals surface area contributed by atoms with Crippen molar-refractivity contribution in [2.75, 3.05) is 13.2 Å². The number of halogens is 1. The summed E-state index contributed by atoms with van der Waals surface area (Å²) in [6, 6.07) is 7.08. The fourth-order valence-electron chi connectivity index (χ4n) is 2.87. The molecule has 0 radical (unpaired) electrons. The number of fused-ring (bicyclic) bond motifs is 1. The zero-order valence-electron chi connectivity index (χ0n) is 14.3. The van der Waals surface area contributed by atoms with Gasteiger partial charge in [-0.2, -0.15) is 0 Å². The van der Waals surface area contributed by atoms with Crippen LogP contribution < -0.4 is 4.74 Å². The Balaban J connectivity index is 1.96. The summed E-state index contributed by atoms with van der Waals surface area (Å²) in [4.78, 5) is 18.6. The van der Waals surface area contributed by atoms with Crippen molar-refractivity contribution in [3.8, 4) is 22.8 Å². The fourth-order valence-corrected chi connectivity index (χ4v) is 2.98. The molecule has 132 valence electrons. The molecule has 5 nitrogen and oxygen atoms in total. The van der Waals surface area contributed by atoms with Gasteiger partial charge in [0.25, 0.3) is 0 Å². The van der Waals surface area contributed by atoms with Crippen LogP contribution in [0.25, 0.3) is 11.3 Å². The maximum atomic E-state index is 12.5. The van der Waals surface area contributed by atoms with Gasteiger partial charge in [0.1, 0.15) is 6.61 Å². The van der Waals surface area contributed by atoms with Crippen LogP contribution in [0.15, 0.2) is 30.5 Å². The Kier molecular flexibility index (Phi) is 5.13. The molecule has 1 atom stereocenters. The van der Waals surface area contributed by atoms with E-state index in [1.54, 1.807) is 29.3 Å². The van der Waals surface area contributed by atoms with Crippen molar-refractivity contribution >= 4 is 17.5 Å². The first kappa shape index (κ1) is 17.5. The lowest BCUT2D eigenvalue weighted by atomic mass is 10.0. The Morgan fingerprint density at radius 2 is 2.24 bits per heavy atom. The molecule has 3 rings (SSSR count). The van der Waals surface area contributed by atoms with E-state index in [-0.39, 0.29) is 17.6 Å². The van der Waals surface area contributed by atoms with Gasteiger partial charge in [0.15, 0.2) is 11.5 Å². The van der Waals surface area contributed by atoms with Gasteiger partial charge < -0.3 is 14.7 Å². The Morgan fingerprint density at radius 1 is 1.44 bits per heavy atom. The van der Waals surface area contributed by atoms with E-state index in [0.717, 1.165) is 17.5 Å². The third-order valence-corrected chi connectivity index (χ3v) is 4.71. The maximum Gasteiger partial charge on any atom is 0.225 e. The molecule has 1 aromatic carbocycles. The summed E-state index contributed by atoms with van der Waals surface area (Å²) in [7, 11) is 0. The zero-order valence-corrected chi connectivity index (χ0v) is 15.1. The smallest absolute Gasteiger partial charge is 0.225 e. The molecule has 1 aromatic heterocycles. The van der Waals surface area contributed by atoms with Gasteiger partial charge in [-0.25, -0.2) is 0 Å². The number of phenolic OH excluding ortho intramolecular Hbond substituents is 1. The van der Waals surface area contributed by atoms with E-state index in [1.165, 1.54) is 0 Å². The van der Waals surface area contributed by atoms with E-state index in [2.05, 4.69) is 4.98 Å². The van der Waals surface area contributed by atoms with Crippen LogP contribution in [0.5, 0.6) is 11.5 Å². The maximum absolute atomic E-state index is 12.5. The minimum absolute atomic E-state index is 0.0312. The van der Waals surface area contributed by atoms with Crippen molar-refractivity contribution in [1.29, 1.82) is 0 Å². The van der Waals surface area contributed by atoms with E-state index >= 15 is 0 Å². The number of carbonyl (C=O) groups excluding carboxylic acids is 1. The Morgan fingerprint density at radius 3 is 2.92 bits per heavy atom. The standard InChI is InChI=1S/C19H21ClN2O3/c1-3-12(2)19(24)22-6-7-25-18-14(11-22)8-13(9-17(18)23)16-5-4-15(20)10-21-16/h4-5,8-10,12,23H,3,6-7,11H2,1-2H3. The number of carbonyl (C=O) groups is 1. The van der Waals surface area contributed by atoms with Crippen LogP contribution in [-0.4, -0.2) is 34.0 Å². The Hall–Kier alpha value is -2.27. The Bertz CT molecular complexity index is 777. The van der Waals surface area contributed by atoms with Crippen molar-refractivity contribution in [3.05, 3.63) is 41.0 Å². The molecular weight excluding hydrogens is 340 g/mol. The molecule has 6 heteroatoms. The monoisotopic (exact) mass is 360 g/mol. The highest BCUT2D eigenvalue weighted by Crippen LogP contribution is 2.37. The van der Waals surface area contributed by atoms with Crippen LogP contribution in [0, 0.1) is 5.92 Å². The second-order valence-electron chi connectivity index (χ2n) is 6.26. The summed E-state index contributed by atoms with van der Waals surface area (Å²) >= 11 is 5.89. The highest BCUT2D eigenvalue weighted by atomic mass is 35.5. The van der Waals surface area contributed by atoms with Crippen LogP contribution in [0.4, 0.5) is 0 Å². The second-order valence-corrected chi connectivity index (χ2v) is 6.70. The Labute approximate surface area is 152 Å². The molecule has 0 bridgehead atoms. The van der Waals surface area contributed by atoms with Crippen LogP contribution in [0.1, 0.15) is 25.8 Å². The first-order valence-corrected chi connectivity index (χ1v) is 8.76. The number of hydrogen-bond acceptors (Lipinski definition) is 4. The molecule has 1 aliphatic rings. The molecule has 1 unspecified atom stereocenters. The minimum atomic E-state index is -0.0312. The summed E-state index contributed by atoms with van der Waals surface area (Å²) in [5.41, 5.74) is 2.24. The number of benzene rings is 1. The summed E-state index contributed by atoms with van der Waals surface area (Å²) in [5, 5.41) is 10.9. The second kappa shape index (κ2) is 7.31. The molecule has 0 aliphatic carbocycles. The predicted molar refractivity (Wildman–Crippen MR) is 96.7 cm³/mol. The lowest BCUT2D eigenvalue weighted by Crippen LogP contribution is -2.36. The van der Waals surface area contributed by atoms with Gasteiger partial charge >= 0.3 is 0 Å². The number of amides is 1. The highest BCUT2D eigenvalue weighted by molar-refractivity contribution is 6.30. The van der Waals surface area contributed by atoms with E-state index in [9.17, 15) is 9.90 Å². The van der Waals surface area contributed by atoms with E-state index in [1.807, 2.05) is 19.9 Å². The van der Waals surface area contributed by atoms with E-state index < -0.39 is 0 Å². The zero-order chi connectivity index (χ0) is 18.0. The topological polar surface area (TPSA) is 62.7 Å². The average Bonchev–Trinajstić information content (AvgIpc) is 2.83. The van der Waals surface area contributed by atoms with Gasteiger partial charge in [0.2, 0.25) is 5.91 Å². The molecule has 1 amide bonds. The van der Waals surface area contributed by atoms with Crippen LogP contribution in [0.2, 0.25) is 5.02 Å². The number of nitrogens with zero attached hydrogens (tertiary/aromatic N) is 2. The predicted octanol–water partition coefficient (Wildman–Crippen LogP) is 3.87. The number of phenols is 1. The molecule has 25 heavy (non-hydrogen) atoms. The summed E-state index contributed by atoms with van der Waals surface area (Å²) in [6.07, 6.45) is 2.36. The molecule has 0 saturated heterocycles. The molecular formula is C19H21ClN2O3. The van der Waals surface area contributed by atoms with Gasteiger partial charge in [0.05, 0.1) is 17.3 Å². The van der Waals surface area contributed by atoms with Crippen LogP contribution in [0.3, 0.4) is 0 Å². The van der Waals surface area contributed by atoms with Gasteiger partial charge in [-0.15, -0.1) is 0 Å². The number of aromatic hydroxyl groups is 1. The van der Waals surface area contributed by atoms with E-state index in [4.69, 9.17) is 16.3 Å². The molecule has 0 saturated carbocycles. The number of ether oxygens (including phenoxy) is 1. The molecule has 1 N–H and O–H groups in total. The fraction of sp³-hybridized carbons (Fsp3) is 0.368. The lowest BCUT2D eigenvalue weighted by Gasteiger charge is -2.23. The van der Waals surface area contributed by atoms with Gasteiger partial charge in [-0.3, -0.25) is 9.78 Å².